The van der Waals surface area contributed by atoms with Crippen molar-refractivity contribution in [2.45, 2.75) is 32.9 Å². The summed E-state index contributed by atoms with van der Waals surface area (Å²) in [4.78, 5) is 4.44. The van der Waals surface area contributed by atoms with Crippen LogP contribution in [0, 0.1) is 22.6 Å². The molecule has 0 amide bonds. The zero-order valence-electron chi connectivity index (χ0n) is 14.3. The minimum Gasteiger partial charge on any atom is -0.392 e. The predicted octanol–water partition coefficient (Wildman–Crippen LogP) is 3.01. The number of piperazine rings is 1. The molecule has 1 aliphatic rings. The average Bonchev–Trinajstić information content (AvgIpc) is 2.52. The number of hydrogen-bond donors (Lipinski definition) is 1. The van der Waals surface area contributed by atoms with Gasteiger partial charge >= 0.3 is 0 Å². The first-order valence-electron chi connectivity index (χ1n) is 8.27. The molecule has 4 nitrogen and oxygen atoms in total. The van der Waals surface area contributed by atoms with Crippen LogP contribution in [0.4, 0.5) is 4.39 Å². The molecule has 1 saturated heterocycles. The van der Waals surface area contributed by atoms with Gasteiger partial charge in [0.05, 0.1) is 17.6 Å². The lowest BCUT2D eigenvalue weighted by molar-refractivity contribution is 0.0542. The van der Waals surface area contributed by atoms with Crippen LogP contribution in [0.25, 0.3) is 0 Å². The average molecular weight is 398 g/mol. The Hall–Kier alpha value is -1.00. The number of nitrogens with zero attached hydrogens (tertiary/aromatic N) is 3. The first-order valence-corrected chi connectivity index (χ1v) is 9.06. The Kier molecular flexibility index (Phi) is 6.76. The third-order valence-electron chi connectivity index (χ3n) is 4.38. The Labute approximate surface area is 152 Å². The van der Waals surface area contributed by atoms with Crippen LogP contribution in [0.3, 0.4) is 0 Å². The maximum atomic E-state index is 13.8. The second-order valence-corrected chi connectivity index (χ2v) is 8.08. The van der Waals surface area contributed by atoms with E-state index < -0.39 is 11.5 Å². The first-order chi connectivity index (χ1) is 11.3. The summed E-state index contributed by atoms with van der Waals surface area (Å²) in [5, 5.41) is 19.2. The van der Waals surface area contributed by atoms with E-state index in [1.54, 1.807) is 6.07 Å². The summed E-state index contributed by atoms with van der Waals surface area (Å²) >= 11 is 3.38. The molecule has 0 saturated carbocycles. The van der Waals surface area contributed by atoms with Gasteiger partial charge in [0.1, 0.15) is 5.82 Å². The fraction of sp³-hybridized carbons (Fsp3) is 0.611. The normalized spacial score (nSPS) is 18.3. The highest BCUT2D eigenvalue weighted by Gasteiger charge is 2.25. The van der Waals surface area contributed by atoms with Gasteiger partial charge in [0.15, 0.2) is 0 Å². The number of halogens is 2. The van der Waals surface area contributed by atoms with Crippen LogP contribution in [-0.4, -0.2) is 53.7 Å². The van der Waals surface area contributed by atoms with E-state index in [1.807, 2.05) is 19.9 Å². The Bertz CT molecular complexity index is 594. The monoisotopic (exact) mass is 397 g/mol. The number of aliphatic hydroxyl groups excluding tert-OH is 1. The number of nitriles is 1. The lowest BCUT2D eigenvalue weighted by atomic mass is 9.88. The van der Waals surface area contributed by atoms with E-state index in [4.69, 9.17) is 5.26 Å². The number of aliphatic hydroxyl groups is 1. The lowest BCUT2D eigenvalue weighted by Gasteiger charge is -2.36. The summed E-state index contributed by atoms with van der Waals surface area (Å²) in [7, 11) is 0. The van der Waals surface area contributed by atoms with E-state index in [0.717, 1.165) is 30.7 Å². The van der Waals surface area contributed by atoms with Gasteiger partial charge in [-0.1, -0.05) is 15.9 Å². The van der Waals surface area contributed by atoms with Crippen LogP contribution >= 0.6 is 15.9 Å². The molecule has 1 aromatic carbocycles. The van der Waals surface area contributed by atoms with Crippen LogP contribution in [-0.2, 0) is 6.54 Å². The second-order valence-electron chi connectivity index (χ2n) is 7.17. The number of benzene rings is 1. The molecule has 132 valence electrons. The van der Waals surface area contributed by atoms with Gasteiger partial charge in [0, 0.05) is 49.3 Å². The molecule has 1 aliphatic heterocycles. The molecule has 0 radical (unpaired) electrons. The molecule has 0 aliphatic carbocycles. The van der Waals surface area contributed by atoms with Crippen LogP contribution in [0.5, 0.6) is 0 Å². The number of rotatable bonds is 6. The van der Waals surface area contributed by atoms with Gasteiger partial charge in [-0.25, -0.2) is 4.39 Å². The molecule has 0 aromatic heterocycles. The van der Waals surface area contributed by atoms with Gasteiger partial charge in [-0.2, -0.15) is 5.26 Å². The summed E-state index contributed by atoms with van der Waals surface area (Å²) in [6.07, 6.45) is -0.0128. The van der Waals surface area contributed by atoms with Crippen molar-refractivity contribution in [2.75, 3.05) is 32.7 Å². The van der Waals surface area contributed by atoms with E-state index in [2.05, 4.69) is 31.8 Å². The van der Waals surface area contributed by atoms with E-state index in [1.165, 1.54) is 6.07 Å². The molecule has 1 unspecified atom stereocenters. The van der Waals surface area contributed by atoms with Crippen molar-refractivity contribution < 1.29 is 9.50 Å². The molecule has 1 heterocycles. The molecule has 1 fully saturated rings. The Morgan fingerprint density at radius 2 is 1.92 bits per heavy atom. The van der Waals surface area contributed by atoms with Gasteiger partial charge in [0.25, 0.3) is 0 Å². The minimum absolute atomic E-state index is 0.171. The van der Waals surface area contributed by atoms with Crippen molar-refractivity contribution in [3.8, 4) is 6.07 Å². The number of hydrogen-bond acceptors (Lipinski definition) is 4. The topological polar surface area (TPSA) is 50.5 Å². The minimum atomic E-state index is -0.501. The maximum absolute atomic E-state index is 13.8. The Balaban J connectivity index is 1.79. The molecule has 1 aromatic rings. The standard InChI is InChI=1S/C18H25BrFN3O/c1-18(2,13-21)10-16(24)12-23-7-5-22(6-8-23)11-14-9-15(19)3-4-17(14)20/h3-4,9,16,24H,5-8,10-12H2,1-2H3. The van der Waals surface area contributed by atoms with Crippen molar-refractivity contribution in [3.63, 3.8) is 0 Å². The summed E-state index contributed by atoms with van der Waals surface area (Å²) in [5.41, 5.74) is 0.202. The predicted molar refractivity (Wildman–Crippen MR) is 95.8 cm³/mol. The van der Waals surface area contributed by atoms with Gasteiger partial charge < -0.3 is 5.11 Å². The van der Waals surface area contributed by atoms with E-state index in [0.29, 0.717) is 25.1 Å². The zero-order chi connectivity index (χ0) is 17.7. The number of β-amino-alcohol motifs (C(OH)–C–C–N with tert-alkyl or cyclic N) is 1. The van der Waals surface area contributed by atoms with Crippen LogP contribution in [0.2, 0.25) is 0 Å². The zero-order valence-corrected chi connectivity index (χ0v) is 15.9. The molecule has 0 spiro atoms. The van der Waals surface area contributed by atoms with Gasteiger partial charge in [-0.05, 0) is 38.5 Å². The molecule has 24 heavy (non-hydrogen) atoms. The van der Waals surface area contributed by atoms with Crippen molar-refractivity contribution >= 4 is 15.9 Å². The van der Waals surface area contributed by atoms with Crippen molar-refractivity contribution in [3.05, 3.63) is 34.1 Å². The van der Waals surface area contributed by atoms with Gasteiger partial charge in [-0.15, -0.1) is 0 Å². The van der Waals surface area contributed by atoms with Crippen molar-refractivity contribution in [1.82, 2.24) is 9.80 Å². The molecule has 1 atom stereocenters. The second kappa shape index (κ2) is 8.39. The molecular formula is C18H25BrFN3O. The highest BCUT2D eigenvalue weighted by Crippen LogP contribution is 2.22. The summed E-state index contributed by atoms with van der Waals surface area (Å²) < 4.78 is 14.7. The van der Waals surface area contributed by atoms with Crippen LogP contribution < -0.4 is 0 Å². The third kappa shape index (κ3) is 5.82. The molecule has 1 N–H and O–H groups in total. The van der Waals surface area contributed by atoms with Crippen LogP contribution in [0.15, 0.2) is 22.7 Å². The fourth-order valence-electron chi connectivity index (χ4n) is 3.03. The fourth-order valence-corrected chi connectivity index (χ4v) is 3.44. The Morgan fingerprint density at radius 1 is 1.29 bits per heavy atom. The molecule has 2 rings (SSSR count). The van der Waals surface area contributed by atoms with Crippen LogP contribution in [0.1, 0.15) is 25.8 Å². The van der Waals surface area contributed by atoms with Crippen molar-refractivity contribution in [2.24, 2.45) is 5.41 Å². The highest BCUT2D eigenvalue weighted by molar-refractivity contribution is 9.10. The summed E-state index contributed by atoms with van der Waals surface area (Å²) in [6.45, 7) is 8.27. The Morgan fingerprint density at radius 3 is 2.54 bits per heavy atom. The third-order valence-corrected chi connectivity index (χ3v) is 4.88. The van der Waals surface area contributed by atoms with Gasteiger partial charge in [0.2, 0.25) is 0 Å². The molecular weight excluding hydrogens is 373 g/mol. The highest BCUT2D eigenvalue weighted by atomic mass is 79.9. The van der Waals surface area contributed by atoms with E-state index >= 15 is 0 Å². The van der Waals surface area contributed by atoms with E-state index in [-0.39, 0.29) is 5.82 Å². The first kappa shape index (κ1) is 19.3. The molecule has 0 bridgehead atoms. The summed E-state index contributed by atoms with van der Waals surface area (Å²) in [5.74, 6) is -0.171. The maximum Gasteiger partial charge on any atom is 0.127 e. The largest absolute Gasteiger partial charge is 0.392 e. The van der Waals surface area contributed by atoms with E-state index in [9.17, 15) is 9.50 Å². The molecule has 6 heteroatoms. The lowest BCUT2D eigenvalue weighted by Crippen LogP contribution is -2.48. The van der Waals surface area contributed by atoms with Gasteiger partial charge in [-0.3, -0.25) is 9.80 Å². The van der Waals surface area contributed by atoms with Crippen molar-refractivity contribution in [1.29, 1.82) is 5.26 Å². The summed E-state index contributed by atoms with van der Waals surface area (Å²) in [6, 6.07) is 7.25. The quantitative estimate of drug-likeness (QED) is 0.801. The SMILES string of the molecule is CC(C)(C#N)CC(O)CN1CCN(Cc2cc(Br)ccc2F)CC1. The smallest absolute Gasteiger partial charge is 0.127 e.